The summed E-state index contributed by atoms with van der Waals surface area (Å²) < 4.78 is 0. The molecule has 16 heavy (non-hydrogen) atoms. The molecule has 1 aliphatic rings. The van der Waals surface area contributed by atoms with Gasteiger partial charge in [0.05, 0.1) is 0 Å². The average molecular weight is 222 g/mol. The van der Waals surface area contributed by atoms with E-state index in [9.17, 15) is 14.4 Å². The van der Waals surface area contributed by atoms with Gasteiger partial charge in [-0.15, -0.1) is 0 Å². The van der Waals surface area contributed by atoms with Crippen LogP contribution in [0, 0.1) is 0 Å². The Kier molecular flexibility index (Phi) is 4.14. The third-order valence-corrected chi connectivity index (χ3v) is 2.58. The molecule has 0 aromatic rings. The van der Waals surface area contributed by atoms with Crippen molar-refractivity contribution in [1.82, 2.24) is 4.90 Å². The van der Waals surface area contributed by atoms with Crippen molar-refractivity contribution in [1.29, 1.82) is 0 Å². The van der Waals surface area contributed by atoms with E-state index in [4.69, 9.17) is 0 Å². The first-order chi connectivity index (χ1) is 7.63. The number of nitrogens with zero attached hydrogens (tertiary/aromatic N) is 2. The van der Waals surface area contributed by atoms with E-state index in [1.54, 1.807) is 6.92 Å². The van der Waals surface area contributed by atoms with Crippen molar-refractivity contribution in [2.45, 2.75) is 33.1 Å². The van der Waals surface area contributed by atoms with Gasteiger partial charge >= 0.3 is 0 Å². The van der Waals surface area contributed by atoms with Crippen molar-refractivity contribution in [3.8, 4) is 0 Å². The van der Waals surface area contributed by atoms with Gasteiger partial charge in [0.1, 0.15) is 6.67 Å². The molecule has 0 aliphatic carbocycles. The lowest BCUT2D eigenvalue weighted by Crippen LogP contribution is -2.31. The number of imide groups is 1. The fourth-order valence-corrected chi connectivity index (χ4v) is 1.62. The van der Waals surface area contributed by atoms with Crippen LogP contribution in [0.15, 0.2) is 16.1 Å². The van der Waals surface area contributed by atoms with Crippen molar-refractivity contribution in [2.75, 3.05) is 6.67 Å². The van der Waals surface area contributed by atoms with Crippen LogP contribution >= 0.6 is 0 Å². The summed E-state index contributed by atoms with van der Waals surface area (Å²) in [7, 11) is 0. The second-order valence-electron chi connectivity index (χ2n) is 3.64. The van der Waals surface area contributed by atoms with Gasteiger partial charge in [-0.2, -0.15) is 4.99 Å². The zero-order chi connectivity index (χ0) is 12.1. The van der Waals surface area contributed by atoms with Crippen molar-refractivity contribution < 1.29 is 14.4 Å². The molecule has 0 spiro atoms. The molecule has 0 unspecified atom stereocenters. The first-order valence-corrected chi connectivity index (χ1v) is 5.23. The Morgan fingerprint density at radius 2 is 2.00 bits per heavy atom. The Morgan fingerprint density at radius 3 is 2.56 bits per heavy atom. The first kappa shape index (κ1) is 12.3. The van der Waals surface area contributed by atoms with Gasteiger partial charge in [0.2, 0.25) is 6.08 Å². The molecule has 1 heterocycles. The zero-order valence-electron chi connectivity index (χ0n) is 9.45. The SMILES string of the molecule is CCCCC1=C(C)C(=O)N(CN=C=O)C1=O. The first-order valence-electron chi connectivity index (χ1n) is 5.23. The molecular weight excluding hydrogens is 208 g/mol. The maximum atomic E-state index is 11.8. The molecule has 0 radical (unpaired) electrons. The Labute approximate surface area is 93.8 Å². The number of isocyanates is 1. The van der Waals surface area contributed by atoms with E-state index in [2.05, 4.69) is 4.99 Å². The van der Waals surface area contributed by atoms with Crippen LogP contribution in [0.5, 0.6) is 0 Å². The van der Waals surface area contributed by atoms with E-state index < -0.39 is 0 Å². The lowest BCUT2D eigenvalue weighted by Gasteiger charge is -2.10. The maximum absolute atomic E-state index is 11.8. The third kappa shape index (κ3) is 2.25. The van der Waals surface area contributed by atoms with Crippen molar-refractivity contribution in [3.05, 3.63) is 11.1 Å². The molecule has 1 aliphatic heterocycles. The average Bonchev–Trinajstić information content (AvgIpc) is 2.47. The van der Waals surface area contributed by atoms with Crippen LogP contribution in [0.4, 0.5) is 0 Å². The van der Waals surface area contributed by atoms with E-state index in [0.29, 0.717) is 17.6 Å². The largest absolute Gasteiger partial charge is 0.269 e. The topological polar surface area (TPSA) is 66.8 Å². The smallest absolute Gasteiger partial charge is 0.258 e. The molecule has 0 saturated carbocycles. The van der Waals surface area contributed by atoms with Gasteiger partial charge in [-0.25, -0.2) is 4.79 Å². The molecule has 5 nitrogen and oxygen atoms in total. The van der Waals surface area contributed by atoms with Crippen LogP contribution in [0.3, 0.4) is 0 Å². The van der Waals surface area contributed by atoms with Gasteiger partial charge in [0.25, 0.3) is 11.8 Å². The molecule has 5 heteroatoms. The molecule has 2 amide bonds. The van der Waals surface area contributed by atoms with E-state index in [-0.39, 0.29) is 18.5 Å². The van der Waals surface area contributed by atoms with Crippen molar-refractivity contribution in [2.24, 2.45) is 4.99 Å². The van der Waals surface area contributed by atoms with Gasteiger partial charge in [-0.05, 0) is 19.8 Å². The normalized spacial score (nSPS) is 15.8. The third-order valence-electron chi connectivity index (χ3n) is 2.58. The molecule has 86 valence electrons. The van der Waals surface area contributed by atoms with Gasteiger partial charge in [-0.1, -0.05) is 13.3 Å². The summed E-state index contributed by atoms with van der Waals surface area (Å²) in [4.78, 5) is 37.6. The highest BCUT2D eigenvalue weighted by Gasteiger charge is 2.34. The lowest BCUT2D eigenvalue weighted by atomic mass is 10.1. The summed E-state index contributed by atoms with van der Waals surface area (Å²) in [5, 5.41) is 0. The molecule has 0 N–H and O–H groups in total. The van der Waals surface area contributed by atoms with Crippen LogP contribution < -0.4 is 0 Å². The number of carbonyl (C=O) groups excluding carboxylic acids is 3. The highest BCUT2D eigenvalue weighted by atomic mass is 16.2. The predicted molar refractivity (Wildman–Crippen MR) is 57.1 cm³/mol. The van der Waals surface area contributed by atoms with E-state index in [1.807, 2.05) is 6.92 Å². The van der Waals surface area contributed by atoms with E-state index >= 15 is 0 Å². The summed E-state index contributed by atoms with van der Waals surface area (Å²) in [5.74, 6) is -0.676. The minimum atomic E-state index is -0.352. The minimum absolute atomic E-state index is 0.228. The molecule has 0 fully saturated rings. The molecule has 0 atom stereocenters. The summed E-state index contributed by atoms with van der Waals surface area (Å²) in [6, 6.07) is 0. The van der Waals surface area contributed by atoms with Crippen molar-refractivity contribution >= 4 is 17.9 Å². The molecule has 0 bridgehead atoms. The quantitative estimate of drug-likeness (QED) is 0.398. The van der Waals surface area contributed by atoms with Crippen molar-refractivity contribution in [3.63, 3.8) is 0 Å². The van der Waals surface area contributed by atoms with Crippen LogP contribution in [0.25, 0.3) is 0 Å². The highest BCUT2D eigenvalue weighted by Crippen LogP contribution is 2.24. The number of hydrogen-bond donors (Lipinski definition) is 0. The van der Waals surface area contributed by atoms with Gasteiger partial charge < -0.3 is 0 Å². The Hall–Kier alpha value is -1.74. The maximum Gasteiger partial charge on any atom is 0.258 e. The van der Waals surface area contributed by atoms with E-state index in [0.717, 1.165) is 17.7 Å². The van der Waals surface area contributed by atoms with Gasteiger partial charge in [0, 0.05) is 11.1 Å². The summed E-state index contributed by atoms with van der Waals surface area (Å²) in [6.45, 7) is 3.43. The predicted octanol–water partition coefficient (Wildman–Crippen LogP) is 1.16. The second kappa shape index (κ2) is 5.37. The Balaban J connectivity index is 2.82. The number of hydrogen-bond acceptors (Lipinski definition) is 4. The highest BCUT2D eigenvalue weighted by molar-refractivity contribution is 6.19. The standard InChI is InChI=1S/C11H14N2O3/c1-3-4-5-9-8(2)10(15)13(11(9)16)6-12-7-14/h3-6H2,1-2H3. The van der Waals surface area contributed by atoms with Crippen LogP contribution in [0.1, 0.15) is 33.1 Å². The number of unbranched alkanes of at least 4 members (excludes halogenated alkanes) is 1. The minimum Gasteiger partial charge on any atom is -0.269 e. The Bertz CT molecular complexity index is 392. The lowest BCUT2D eigenvalue weighted by molar-refractivity contribution is -0.137. The summed E-state index contributed by atoms with van der Waals surface area (Å²) in [5.41, 5.74) is 1.02. The second-order valence-corrected chi connectivity index (χ2v) is 3.64. The van der Waals surface area contributed by atoms with Crippen LogP contribution in [-0.2, 0) is 14.4 Å². The summed E-state index contributed by atoms with van der Waals surface area (Å²) >= 11 is 0. The molecule has 1 rings (SSSR count). The number of rotatable bonds is 5. The fraction of sp³-hybridized carbons (Fsp3) is 0.545. The monoisotopic (exact) mass is 222 g/mol. The van der Waals surface area contributed by atoms with Crippen LogP contribution in [-0.4, -0.2) is 29.5 Å². The molecular formula is C11H14N2O3. The zero-order valence-corrected chi connectivity index (χ0v) is 9.45. The van der Waals surface area contributed by atoms with Gasteiger partial charge in [-0.3, -0.25) is 14.5 Å². The van der Waals surface area contributed by atoms with Crippen LogP contribution in [0.2, 0.25) is 0 Å². The van der Waals surface area contributed by atoms with Gasteiger partial charge in [0.15, 0.2) is 0 Å². The fourth-order valence-electron chi connectivity index (χ4n) is 1.62. The molecule has 0 aromatic carbocycles. The molecule has 0 aromatic heterocycles. The number of amides is 2. The molecule has 0 saturated heterocycles. The van der Waals surface area contributed by atoms with E-state index in [1.165, 1.54) is 6.08 Å². The Morgan fingerprint density at radius 1 is 1.31 bits per heavy atom. The summed E-state index contributed by atoms with van der Waals surface area (Å²) in [6.07, 6.45) is 3.76. The number of carbonyl (C=O) groups is 2. The number of aliphatic imine (C=N–C) groups is 1.